The third kappa shape index (κ3) is 4.52. The van der Waals surface area contributed by atoms with Crippen molar-refractivity contribution >= 4 is 28.9 Å². The van der Waals surface area contributed by atoms with Gasteiger partial charge in [0.15, 0.2) is 0 Å². The van der Waals surface area contributed by atoms with Crippen molar-refractivity contribution in [3.8, 4) is 0 Å². The zero-order valence-corrected chi connectivity index (χ0v) is 19.7. The van der Waals surface area contributed by atoms with Gasteiger partial charge in [0, 0.05) is 35.5 Å². The second-order valence-electron chi connectivity index (χ2n) is 8.77. The molecule has 36 heavy (non-hydrogen) atoms. The van der Waals surface area contributed by atoms with Crippen LogP contribution in [-0.4, -0.2) is 59.2 Å². The second-order valence-corrected chi connectivity index (χ2v) is 8.77. The maximum atomic E-state index is 13.1. The highest BCUT2D eigenvalue weighted by Gasteiger charge is 2.27. The third-order valence-electron chi connectivity index (χ3n) is 6.43. The maximum absolute atomic E-state index is 13.1. The largest absolute Gasteiger partial charge is 0.403 e. The zero-order valence-electron chi connectivity index (χ0n) is 19.7. The van der Waals surface area contributed by atoms with Gasteiger partial charge in [0.1, 0.15) is 0 Å². The summed E-state index contributed by atoms with van der Waals surface area (Å²) in [6.07, 6.45) is 5.13. The molecule has 9 nitrogen and oxygen atoms in total. The monoisotopic (exact) mass is 482 g/mol. The van der Waals surface area contributed by atoms with Crippen molar-refractivity contribution in [3.05, 3.63) is 89.5 Å². The van der Waals surface area contributed by atoms with Gasteiger partial charge >= 0.3 is 6.01 Å². The first-order chi connectivity index (χ1) is 17.7. The summed E-state index contributed by atoms with van der Waals surface area (Å²) in [5, 5.41) is 14.4. The van der Waals surface area contributed by atoms with E-state index in [0.717, 1.165) is 55.8 Å². The normalized spacial score (nSPS) is 19.9. The predicted octanol–water partition coefficient (Wildman–Crippen LogP) is 3.69. The number of carbonyl (C=O) groups is 1. The molecule has 1 fully saturated rings. The number of fused-ring (bicyclic) bond motifs is 1. The fourth-order valence-corrected chi connectivity index (χ4v) is 4.63. The van der Waals surface area contributed by atoms with Crippen LogP contribution in [0.5, 0.6) is 0 Å². The van der Waals surface area contributed by atoms with E-state index in [-0.39, 0.29) is 11.9 Å². The molecule has 3 heterocycles. The molecule has 1 aromatic heterocycles. The Balaban J connectivity index is 1.26. The molecule has 2 aromatic carbocycles. The van der Waals surface area contributed by atoms with Crippen molar-refractivity contribution in [2.75, 3.05) is 36.9 Å². The topological polar surface area (TPSA) is 105 Å². The number of benzodiazepines with no additional fused rings is 1. The molecule has 1 aliphatic carbocycles. The number of morpholine rings is 1. The van der Waals surface area contributed by atoms with E-state index in [9.17, 15) is 4.79 Å². The van der Waals surface area contributed by atoms with E-state index in [1.807, 2.05) is 54.6 Å². The van der Waals surface area contributed by atoms with Crippen LogP contribution in [0.2, 0.25) is 0 Å². The fourth-order valence-electron chi connectivity index (χ4n) is 4.63. The van der Waals surface area contributed by atoms with Crippen LogP contribution in [0.3, 0.4) is 0 Å². The molecule has 3 aliphatic rings. The molecule has 1 saturated heterocycles. The van der Waals surface area contributed by atoms with Gasteiger partial charge in [0.05, 0.1) is 24.6 Å². The minimum Gasteiger partial charge on any atom is -0.403 e. The van der Waals surface area contributed by atoms with Crippen molar-refractivity contribution in [1.82, 2.24) is 15.1 Å². The molecule has 0 spiro atoms. The van der Waals surface area contributed by atoms with Crippen molar-refractivity contribution in [3.63, 3.8) is 0 Å². The van der Waals surface area contributed by atoms with Crippen LogP contribution in [0, 0.1) is 0 Å². The first-order valence-corrected chi connectivity index (χ1v) is 12.1. The first-order valence-electron chi connectivity index (χ1n) is 12.1. The Labute approximate surface area is 208 Å². The molecule has 2 N–H and O–H groups in total. The summed E-state index contributed by atoms with van der Waals surface area (Å²) in [6, 6.07) is 17.6. The van der Waals surface area contributed by atoms with Gasteiger partial charge in [-0.05, 0) is 25.0 Å². The predicted molar refractivity (Wildman–Crippen MR) is 137 cm³/mol. The van der Waals surface area contributed by atoms with Gasteiger partial charge < -0.3 is 24.7 Å². The van der Waals surface area contributed by atoms with Gasteiger partial charge in [-0.2, -0.15) is 0 Å². The van der Waals surface area contributed by atoms with Crippen molar-refractivity contribution < 1.29 is 13.9 Å². The maximum Gasteiger partial charge on any atom is 0.317 e. The summed E-state index contributed by atoms with van der Waals surface area (Å²) in [5.41, 5.74) is 5.30. The van der Waals surface area contributed by atoms with E-state index in [2.05, 4.69) is 37.9 Å². The molecule has 0 bridgehead atoms. The minimum atomic E-state index is -0.944. The minimum absolute atomic E-state index is 0.139. The number of allylic oxidation sites excluding steroid dienone is 4. The molecule has 1 atom stereocenters. The zero-order chi connectivity index (χ0) is 24.3. The van der Waals surface area contributed by atoms with Gasteiger partial charge in [-0.1, -0.05) is 59.7 Å². The molecular formula is C27H26N6O3. The molecule has 182 valence electrons. The number of para-hydroxylation sites is 1. The number of amides is 1. The smallest absolute Gasteiger partial charge is 0.317 e. The van der Waals surface area contributed by atoms with E-state index in [0.29, 0.717) is 17.3 Å². The highest BCUT2D eigenvalue weighted by atomic mass is 16.5. The van der Waals surface area contributed by atoms with Crippen molar-refractivity contribution in [1.29, 1.82) is 0 Å². The van der Waals surface area contributed by atoms with Crippen LogP contribution in [-0.2, 0) is 9.53 Å². The Morgan fingerprint density at radius 1 is 1.00 bits per heavy atom. The van der Waals surface area contributed by atoms with Crippen molar-refractivity contribution in [2.45, 2.75) is 19.0 Å². The number of rotatable bonds is 5. The van der Waals surface area contributed by atoms with E-state index < -0.39 is 6.17 Å². The van der Waals surface area contributed by atoms with Crippen LogP contribution < -0.4 is 10.6 Å². The molecule has 0 radical (unpaired) electrons. The molecule has 9 heteroatoms. The lowest BCUT2D eigenvalue weighted by Crippen LogP contribution is -2.35. The number of benzene rings is 2. The average molecular weight is 483 g/mol. The Morgan fingerprint density at radius 2 is 1.81 bits per heavy atom. The van der Waals surface area contributed by atoms with Gasteiger partial charge in [-0.15, -0.1) is 5.10 Å². The summed E-state index contributed by atoms with van der Waals surface area (Å²) in [6.45, 7) is 3.25. The SMILES string of the molecule is O=C1Nc2ccccc2C(c2ccccc2)=NC1Nc1nnc(C2=CCCC(N3CCOCC3)=C2)o1. The molecule has 6 rings (SSSR count). The molecule has 1 unspecified atom stereocenters. The number of ether oxygens (including phenoxy) is 1. The van der Waals surface area contributed by atoms with Crippen LogP contribution in [0.1, 0.15) is 29.9 Å². The number of aromatic nitrogens is 2. The first kappa shape index (κ1) is 22.2. The highest BCUT2D eigenvalue weighted by Crippen LogP contribution is 2.29. The lowest BCUT2D eigenvalue weighted by atomic mass is 10.0. The summed E-state index contributed by atoms with van der Waals surface area (Å²) >= 11 is 0. The summed E-state index contributed by atoms with van der Waals surface area (Å²) in [4.78, 5) is 20.2. The van der Waals surface area contributed by atoms with Crippen LogP contribution in [0.15, 0.2) is 81.9 Å². The van der Waals surface area contributed by atoms with Gasteiger partial charge in [-0.25, -0.2) is 4.99 Å². The van der Waals surface area contributed by atoms with E-state index in [1.54, 1.807) is 0 Å². The fraction of sp³-hybridized carbons (Fsp3) is 0.259. The number of aliphatic imine (C=N–C) groups is 1. The van der Waals surface area contributed by atoms with Crippen LogP contribution in [0.4, 0.5) is 11.7 Å². The Bertz CT molecular complexity index is 1350. The number of hydrogen-bond donors (Lipinski definition) is 2. The van der Waals surface area contributed by atoms with E-state index in [4.69, 9.17) is 14.1 Å². The van der Waals surface area contributed by atoms with E-state index in [1.165, 1.54) is 5.70 Å². The van der Waals surface area contributed by atoms with Gasteiger partial charge in [0.2, 0.25) is 12.1 Å². The number of nitrogens with zero attached hydrogens (tertiary/aromatic N) is 4. The van der Waals surface area contributed by atoms with E-state index >= 15 is 0 Å². The number of hydrogen-bond acceptors (Lipinski definition) is 8. The Morgan fingerprint density at radius 3 is 2.67 bits per heavy atom. The number of nitrogens with one attached hydrogen (secondary N) is 2. The number of carbonyl (C=O) groups excluding carboxylic acids is 1. The quantitative estimate of drug-likeness (QED) is 0.571. The average Bonchev–Trinajstić information content (AvgIpc) is 3.36. The molecule has 0 saturated carbocycles. The van der Waals surface area contributed by atoms with Crippen LogP contribution in [0.25, 0.3) is 5.57 Å². The van der Waals surface area contributed by atoms with Gasteiger partial charge in [0.25, 0.3) is 5.91 Å². The molecule has 3 aromatic rings. The second kappa shape index (κ2) is 9.79. The molecular weight excluding hydrogens is 456 g/mol. The summed E-state index contributed by atoms with van der Waals surface area (Å²) in [5.74, 6) is 0.104. The molecule has 1 amide bonds. The van der Waals surface area contributed by atoms with Gasteiger partial charge in [-0.3, -0.25) is 4.79 Å². The number of anilines is 2. The third-order valence-corrected chi connectivity index (χ3v) is 6.43. The molecule has 2 aliphatic heterocycles. The Hall–Kier alpha value is -4.24. The Kier molecular flexibility index (Phi) is 6.05. The highest BCUT2D eigenvalue weighted by molar-refractivity contribution is 6.19. The van der Waals surface area contributed by atoms with Crippen LogP contribution >= 0.6 is 0 Å². The van der Waals surface area contributed by atoms with Crippen molar-refractivity contribution in [2.24, 2.45) is 4.99 Å². The lowest BCUT2D eigenvalue weighted by Gasteiger charge is -2.32. The standard InChI is InChI=1S/C27H26N6O3/c34-25-24(29-23(18-7-2-1-3-8-18)21-11-4-5-12-22(21)28-25)30-27-32-31-26(36-27)19-9-6-10-20(17-19)33-13-15-35-16-14-33/h1-5,7-9,11-12,17,24H,6,10,13-16H2,(H,28,34)(H,30,32). The summed E-state index contributed by atoms with van der Waals surface area (Å²) in [7, 11) is 0. The summed E-state index contributed by atoms with van der Waals surface area (Å²) < 4.78 is 11.4. The lowest BCUT2D eigenvalue weighted by molar-refractivity contribution is -0.116.